The standard InChI is InChI=1S/C13H17FN2O/c1-8(9-2-3-9)7-16-13(17)10-4-11(14)6-12(15)5-10/h4-6,8-9H,2-3,7,15H2,1H3,(H,16,17). The second-order valence-corrected chi connectivity index (χ2v) is 4.80. The van der Waals surface area contributed by atoms with Crippen LogP contribution in [0.4, 0.5) is 10.1 Å². The predicted molar refractivity (Wildman–Crippen MR) is 65.0 cm³/mol. The van der Waals surface area contributed by atoms with Crippen molar-refractivity contribution in [3.63, 3.8) is 0 Å². The van der Waals surface area contributed by atoms with Crippen LogP contribution >= 0.6 is 0 Å². The van der Waals surface area contributed by atoms with Crippen LogP contribution in [0.2, 0.25) is 0 Å². The van der Waals surface area contributed by atoms with Crippen molar-refractivity contribution < 1.29 is 9.18 Å². The molecule has 1 saturated carbocycles. The first kappa shape index (κ1) is 11.9. The lowest BCUT2D eigenvalue weighted by Crippen LogP contribution is -2.29. The maximum atomic E-state index is 13.1. The normalized spacial score (nSPS) is 16.6. The molecule has 0 bridgehead atoms. The van der Waals surface area contributed by atoms with Crippen LogP contribution in [-0.2, 0) is 0 Å². The molecule has 2 rings (SSSR count). The van der Waals surface area contributed by atoms with Crippen molar-refractivity contribution >= 4 is 11.6 Å². The van der Waals surface area contributed by atoms with E-state index in [2.05, 4.69) is 12.2 Å². The fourth-order valence-corrected chi connectivity index (χ4v) is 1.93. The molecule has 0 aliphatic heterocycles. The summed E-state index contributed by atoms with van der Waals surface area (Å²) < 4.78 is 13.1. The number of nitrogens with one attached hydrogen (secondary N) is 1. The van der Waals surface area contributed by atoms with Crippen LogP contribution in [0.1, 0.15) is 30.1 Å². The molecule has 1 atom stereocenters. The summed E-state index contributed by atoms with van der Waals surface area (Å²) in [5.74, 6) is 0.492. The summed E-state index contributed by atoms with van der Waals surface area (Å²) >= 11 is 0. The fourth-order valence-electron chi connectivity index (χ4n) is 1.93. The SMILES string of the molecule is CC(CNC(=O)c1cc(N)cc(F)c1)C1CC1. The lowest BCUT2D eigenvalue weighted by molar-refractivity contribution is 0.0946. The molecule has 92 valence electrons. The Morgan fingerprint density at radius 2 is 2.24 bits per heavy atom. The number of halogens is 1. The molecule has 1 aliphatic carbocycles. The minimum absolute atomic E-state index is 0.260. The number of carbonyl (C=O) groups excluding carboxylic acids is 1. The number of benzene rings is 1. The van der Waals surface area contributed by atoms with Crippen molar-refractivity contribution in [1.29, 1.82) is 0 Å². The summed E-state index contributed by atoms with van der Waals surface area (Å²) in [5, 5.41) is 2.81. The molecule has 0 heterocycles. The van der Waals surface area contributed by atoms with Crippen molar-refractivity contribution in [1.82, 2.24) is 5.32 Å². The van der Waals surface area contributed by atoms with Crippen molar-refractivity contribution in [2.24, 2.45) is 11.8 Å². The number of carbonyl (C=O) groups is 1. The van der Waals surface area contributed by atoms with E-state index < -0.39 is 5.82 Å². The smallest absolute Gasteiger partial charge is 0.251 e. The van der Waals surface area contributed by atoms with Crippen molar-refractivity contribution in [3.8, 4) is 0 Å². The van der Waals surface area contributed by atoms with Gasteiger partial charge >= 0.3 is 0 Å². The number of amides is 1. The van der Waals surface area contributed by atoms with Gasteiger partial charge < -0.3 is 11.1 Å². The van der Waals surface area contributed by atoms with Crippen LogP contribution < -0.4 is 11.1 Å². The van der Waals surface area contributed by atoms with Gasteiger partial charge in [-0.3, -0.25) is 4.79 Å². The van der Waals surface area contributed by atoms with Gasteiger partial charge in [0.1, 0.15) is 5.82 Å². The zero-order valence-corrected chi connectivity index (χ0v) is 9.87. The third-order valence-corrected chi connectivity index (χ3v) is 3.19. The van der Waals surface area contributed by atoms with E-state index >= 15 is 0 Å². The second-order valence-electron chi connectivity index (χ2n) is 4.80. The molecule has 3 nitrogen and oxygen atoms in total. The molecule has 17 heavy (non-hydrogen) atoms. The molecule has 0 saturated heterocycles. The van der Waals surface area contributed by atoms with E-state index in [4.69, 9.17) is 5.73 Å². The Morgan fingerprint density at radius 3 is 2.82 bits per heavy atom. The van der Waals surface area contributed by atoms with Gasteiger partial charge in [0.15, 0.2) is 0 Å². The first-order valence-electron chi connectivity index (χ1n) is 5.90. The number of nitrogens with two attached hydrogens (primary N) is 1. The van der Waals surface area contributed by atoms with Gasteiger partial charge in [-0.15, -0.1) is 0 Å². The summed E-state index contributed by atoms with van der Waals surface area (Å²) in [5.41, 5.74) is 6.04. The van der Waals surface area contributed by atoms with E-state index in [1.54, 1.807) is 0 Å². The Morgan fingerprint density at radius 1 is 1.53 bits per heavy atom. The lowest BCUT2D eigenvalue weighted by Gasteiger charge is -2.11. The van der Waals surface area contributed by atoms with Crippen molar-refractivity contribution in [3.05, 3.63) is 29.6 Å². The third kappa shape index (κ3) is 3.19. The molecule has 1 aliphatic rings. The molecule has 1 amide bonds. The minimum Gasteiger partial charge on any atom is -0.399 e. The highest BCUT2D eigenvalue weighted by Gasteiger charge is 2.27. The average Bonchev–Trinajstić information content (AvgIpc) is 3.07. The quantitative estimate of drug-likeness (QED) is 0.787. The number of anilines is 1. The summed E-state index contributed by atoms with van der Waals surface area (Å²) in [6.45, 7) is 2.76. The second kappa shape index (κ2) is 4.73. The van der Waals surface area contributed by atoms with E-state index in [9.17, 15) is 9.18 Å². The van der Waals surface area contributed by atoms with E-state index in [1.807, 2.05) is 0 Å². The van der Waals surface area contributed by atoms with Crippen molar-refractivity contribution in [2.45, 2.75) is 19.8 Å². The Kier molecular flexibility index (Phi) is 3.31. The van der Waals surface area contributed by atoms with Crippen LogP contribution in [0.3, 0.4) is 0 Å². The van der Waals surface area contributed by atoms with Crippen LogP contribution in [0.25, 0.3) is 0 Å². The molecule has 0 spiro atoms. The van der Waals surface area contributed by atoms with Gasteiger partial charge in [0, 0.05) is 17.8 Å². The molecule has 0 aromatic heterocycles. The van der Waals surface area contributed by atoms with Crippen LogP contribution in [0, 0.1) is 17.7 Å². The molecular weight excluding hydrogens is 219 g/mol. The Bertz CT molecular complexity index is 409. The molecule has 1 aromatic carbocycles. The highest BCUT2D eigenvalue weighted by atomic mass is 19.1. The summed E-state index contributed by atoms with van der Waals surface area (Å²) in [4.78, 5) is 11.8. The lowest BCUT2D eigenvalue weighted by atomic mass is 10.1. The van der Waals surface area contributed by atoms with Gasteiger partial charge in [-0.05, 0) is 42.9 Å². The predicted octanol–water partition coefficient (Wildman–Crippen LogP) is 2.18. The topological polar surface area (TPSA) is 55.1 Å². The average molecular weight is 236 g/mol. The van der Waals surface area contributed by atoms with Gasteiger partial charge in [-0.2, -0.15) is 0 Å². The molecule has 1 aromatic rings. The van der Waals surface area contributed by atoms with Gasteiger partial charge in [0.25, 0.3) is 5.91 Å². The fraction of sp³-hybridized carbons (Fsp3) is 0.462. The third-order valence-electron chi connectivity index (χ3n) is 3.19. The largest absolute Gasteiger partial charge is 0.399 e. The van der Waals surface area contributed by atoms with Crippen LogP contribution in [0.15, 0.2) is 18.2 Å². The van der Waals surface area contributed by atoms with E-state index in [0.717, 1.165) is 5.92 Å². The van der Waals surface area contributed by atoms with Crippen LogP contribution in [-0.4, -0.2) is 12.5 Å². The molecule has 3 N–H and O–H groups in total. The van der Waals surface area contributed by atoms with Gasteiger partial charge in [-0.1, -0.05) is 6.92 Å². The van der Waals surface area contributed by atoms with Gasteiger partial charge in [0.05, 0.1) is 0 Å². The van der Waals surface area contributed by atoms with Crippen molar-refractivity contribution in [2.75, 3.05) is 12.3 Å². The number of rotatable bonds is 4. The summed E-state index contributed by atoms with van der Waals surface area (Å²) in [7, 11) is 0. The Labute approximate surface area is 100 Å². The number of nitrogen functional groups attached to an aromatic ring is 1. The zero-order valence-electron chi connectivity index (χ0n) is 9.87. The monoisotopic (exact) mass is 236 g/mol. The molecule has 0 radical (unpaired) electrons. The first-order valence-corrected chi connectivity index (χ1v) is 5.90. The molecule has 1 unspecified atom stereocenters. The maximum Gasteiger partial charge on any atom is 0.251 e. The van der Waals surface area contributed by atoms with E-state index in [0.29, 0.717) is 12.5 Å². The summed E-state index contributed by atoms with van der Waals surface area (Å²) in [6.07, 6.45) is 2.51. The number of hydrogen-bond acceptors (Lipinski definition) is 2. The summed E-state index contributed by atoms with van der Waals surface area (Å²) in [6, 6.07) is 3.89. The van der Waals surface area contributed by atoms with Gasteiger partial charge in [0.2, 0.25) is 0 Å². The Hall–Kier alpha value is -1.58. The molecule has 1 fully saturated rings. The molecule has 4 heteroatoms. The van der Waals surface area contributed by atoms with Crippen LogP contribution in [0.5, 0.6) is 0 Å². The first-order chi connectivity index (χ1) is 8.06. The van der Waals surface area contributed by atoms with E-state index in [-0.39, 0.29) is 17.2 Å². The zero-order chi connectivity index (χ0) is 12.4. The van der Waals surface area contributed by atoms with E-state index in [1.165, 1.54) is 31.0 Å². The highest BCUT2D eigenvalue weighted by Crippen LogP contribution is 2.36. The highest BCUT2D eigenvalue weighted by molar-refractivity contribution is 5.95. The molecular formula is C13H17FN2O. The Balaban J connectivity index is 1.94. The minimum atomic E-state index is -0.481. The van der Waals surface area contributed by atoms with Gasteiger partial charge in [-0.25, -0.2) is 4.39 Å². The maximum absolute atomic E-state index is 13.1. The number of hydrogen-bond donors (Lipinski definition) is 2.